The number of nitrogens with zero attached hydrogens (tertiary/aromatic N) is 2. The minimum absolute atomic E-state index is 0.231. The lowest BCUT2D eigenvalue weighted by atomic mass is 9.92. The number of carboxylic acids is 1. The van der Waals surface area contributed by atoms with Crippen molar-refractivity contribution >= 4 is 22.8 Å². The molecule has 1 amide bonds. The molecule has 6 nitrogen and oxygen atoms in total. The van der Waals surface area contributed by atoms with E-state index in [-0.39, 0.29) is 5.91 Å². The summed E-state index contributed by atoms with van der Waals surface area (Å²) in [6.07, 6.45) is 3.03. The molecule has 0 saturated carbocycles. The maximum absolute atomic E-state index is 12.6. The van der Waals surface area contributed by atoms with Crippen LogP contribution in [0.3, 0.4) is 0 Å². The summed E-state index contributed by atoms with van der Waals surface area (Å²) in [6, 6.07) is 4.52. The molecule has 1 aromatic heterocycles. The molecule has 3 rings (SSSR count). The van der Waals surface area contributed by atoms with Gasteiger partial charge in [-0.15, -0.1) is 0 Å². The molecule has 21 heavy (non-hydrogen) atoms. The van der Waals surface area contributed by atoms with Crippen molar-refractivity contribution in [2.45, 2.75) is 25.8 Å². The highest BCUT2D eigenvalue weighted by Gasteiger charge is 2.35. The van der Waals surface area contributed by atoms with Crippen molar-refractivity contribution in [2.75, 3.05) is 6.54 Å². The fourth-order valence-corrected chi connectivity index (χ4v) is 2.85. The monoisotopic (exact) mass is 287 g/mol. The number of nitrogens with one attached hydrogen (secondary N) is 1. The second-order valence-electron chi connectivity index (χ2n) is 5.65. The SMILES string of the molecule is CC1CCN(C(=O)c2ccc3cn[nH]c3c2)C(C(=O)O)C1. The van der Waals surface area contributed by atoms with Crippen LogP contribution in [-0.2, 0) is 4.79 Å². The van der Waals surface area contributed by atoms with Crippen molar-refractivity contribution in [2.24, 2.45) is 5.92 Å². The number of amides is 1. The van der Waals surface area contributed by atoms with Gasteiger partial charge >= 0.3 is 5.97 Å². The molecule has 1 saturated heterocycles. The zero-order chi connectivity index (χ0) is 15.0. The van der Waals surface area contributed by atoms with E-state index in [0.717, 1.165) is 17.3 Å². The predicted octanol–water partition coefficient (Wildman–Crippen LogP) is 1.89. The summed E-state index contributed by atoms with van der Waals surface area (Å²) in [5, 5.41) is 17.0. The molecule has 0 radical (unpaired) electrons. The molecule has 1 aliphatic rings. The lowest BCUT2D eigenvalue weighted by molar-refractivity contribution is -0.144. The van der Waals surface area contributed by atoms with Gasteiger partial charge in [0, 0.05) is 17.5 Å². The summed E-state index contributed by atoms with van der Waals surface area (Å²) in [6.45, 7) is 2.51. The summed E-state index contributed by atoms with van der Waals surface area (Å²) in [5.41, 5.74) is 1.27. The van der Waals surface area contributed by atoms with Crippen molar-refractivity contribution < 1.29 is 14.7 Å². The van der Waals surface area contributed by atoms with Crippen molar-refractivity contribution in [3.63, 3.8) is 0 Å². The topological polar surface area (TPSA) is 86.3 Å². The van der Waals surface area contributed by atoms with Crippen LogP contribution in [0.15, 0.2) is 24.4 Å². The number of fused-ring (bicyclic) bond motifs is 1. The van der Waals surface area contributed by atoms with Gasteiger partial charge in [0.15, 0.2) is 0 Å². The Labute approximate surface area is 121 Å². The van der Waals surface area contributed by atoms with Crippen LogP contribution in [0, 0.1) is 5.92 Å². The van der Waals surface area contributed by atoms with E-state index in [1.54, 1.807) is 18.3 Å². The Kier molecular flexibility index (Phi) is 3.37. The molecule has 2 N–H and O–H groups in total. The molecule has 110 valence electrons. The van der Waals surface area contributed by atoms with Crippen molar-refractivity contribution in [3.05, 3.63) is 30.0 Å². The number of hydrogen-bond donors (Lipinski definition) is 2. The number of piperidine rings is 1. The number of H-pyrrole nitrogens is 1. The molecule has 0 bridgehead atoms. The van der Waals surface area contributed by atoms with Crippen LogP contribution < -0.4 is 0 Å². The first kappa shape index (κ1) is 13.6. The number of rotatable bonds is 2. The molecule has 2 atom stereocenters. The molecule has 2 unspecified atom stereocenters. The highest BCUT2D eigenvalue weighted by atomic mass is 16.4. The van der Waals surface area contributed by atoms with E-state index in [4.69, 9.17) is 0 Å². The summed E-state index contributed by atoms with van der Waals surface area (Å²) >= 11 is 0. The van der Waals surface area contributed by atoms with Crippen LogP contribution in [0.5, 0.6) is 0 Å². The van der Waals surface area contributed by atoms with E-state index in [2.05, 4.69) is 10.2 Å². The smallest absolute Gasteiger partial charge is 0.326 e. The zero-order valence-corrected chi connectivity index (χ0v) is 11.7. The van der Waals surface area contributed by atoms with Crippen LogP contribution in [0.4, 0.5) is 0 Å². The largest absolute Gasteiger partial charge is 0.480 e. The molecular weight excluding hydrogens is 270 g/mol. The molecule has 0 aliphatic carbocycles. The lowest BCUT2D eigenvalue weighted by Crippen LogP contribution is -2.49. The van der Waals surface area contributed by atoms with Gasteiger partial charge in [-0.05, 0) is 30.9 Å². The summed E-state index contributed by atoms with van der Waals surface area (Å²) < 4.78 is 0. The number of aromatic amines is 1. The van der Waals surface area contributed by atoms with Crippen LogP contribution >= 0.6 is 0 Å². The second-order valence-corrected chi connectivity index (χ2v) is 5.65. The van der Waals surface area contributed by atoms with Crippen molar-refractivity contribution in [3.8, 4) is 0 Å². The van der Waals surface area contributed by atoms with Crippen LogP contribution in [-0.4, -0.2) is 44.7 Å². The van der Waals surface area contributed by atoms with Crippen LogP contribution in [0.2, 0.25) is 0 Å². The van der Waals surface area contributed by atoms with E-state index in [1.807, 2.05) is 13.0 Å². The number of likely N-dealkylation sites (tertiary alicyclic amines) is 1. The van der Waals surface area contributed by atoms with Crippen LogP contribution in [0.25, 0.3) is 10.9 Å². The lowest BCUT2D eigenvalue weighted by Gasteiger charge is -2.36. The minimum atomic E-state index is -0.933. The van der Waals surface area contributed by atoms with Gasteiger partial charge < -0.3 is 10.0 Å². The highest BCUT2D eigenvalue weighted by molar-refractivity contribution is 5.99. The first-order valence-corrected chi connectivity index (χ1v) is 7.03. The number of aromatic nitrogens is 2. The molecule has 1 fully saturated rings. The third-order valence-electron chi connectivity index (χ3n) is 4.10. The van der Waals surface area contributed by atoms with Gasteiger partial charge in [-0.3, -0.25) is 9.89 Å². The average Bonchev–Trinajstić information content (AvgIpc) is 2.93. The molecule has 2 heterocycles. The fraction of sp³-hybridized carbons (Fsp3) is 0.400. The molecule has 2 aromatic rings. The van der Waals surface area contributed by atoms with Gasteiger partial charge in [-0.1, -0.05) is 13.0 Å². The van der Waals surface area contributed by atoms with Crippen molar-refractivity contribution in [1.29, 1.82) is 0 Å². The Bertz CT molecular complexity index is 694. The second kappa shape index (κ2) is 5.20. The van der Waals surface area contributed by atoms with Crippen molar-refractivity contribution in [1.82, 2.24) is 15.1 Å². The Morgan fingerprint density at radius 1 is 1.43 bits per heavy atom. The Morgan fingerprint density at radius 2 is 2.24 bits per heavy atom. The van der Waals surface area contributed by atoms with Gasteiger partial charge in [0.1, 0.15) is 6.04 Å². The summed E-state index contributed by atoms with van der Waals surface area (Å²) in [7, 11) is 0. The van der Waals surface area contributed by atoms with E-state index < -0.39 is 12.0 Å². The number of benzene rings is 1. The van der Waals surface area contributed by atoms with E-state index >= 15 is 0 Å². The normalized spacial score (nSPS) is 22.4. The van der Waals surface area contributed by atoms with Gasteiger partial charge in [0.25, 0.3) is 5.91 Å². The first-order valence-electron chi connectivity index (χ1n) is 7.03. The quantitative estimate of drug-likeness (QED) is 0.883. The van der Waals surface area contributed by atoms with E-state index in [1.165, 1.54) is 4.90 Å². The number of carbonyl (C=O) groups is 2. The highest BCUT2D eigenvalue weighted by Crippen LogP contribution is 2.25. The predicted molar refractivity (Wildman–Crippen MR) is 77.0 cm³/mol. The van der Waals surface area contributed by atoms with Gasteiger partial charge in [0.05, 0.1) is 11.7 Å². The Balaban J connectivity index is 1.90. The molecule has 6 heteroatoms. The maximum atomic E-state index is 12.6. The minimum Gasteiger partial charge on any atom is -0.480 e. The molecule has 1 aliphatic heterocycles. The zero-order valence-electron chi connectivity index (χ0n) is 11.7. The number of hydrogen-bond acceptors (Lipinski definition) is 3. The summed E-state index contributed by atoms with van der Waals surface area (Å²) in [5.74, 6) is -0.839. The third kappa shape index (κ3) is 2.49. The number of carbonyl (C=O) groups excluding carboxylic acids is 1. The van der Waals surface area contributed by atoms with E-state index in [9.17, 15) is 14.7 Å². The molecule has 1 aromatic carbocycles. The van der Waals surface area contributed by atoms with Gasteiger partial charge in [-0.25, -0.2) is 4.79 Å². The number of carboxylic acid groups (broad SMARTS) is 1. The molecular formula is C15H17N3O3. The Hall–Kier alpha value is -2.37. The van der Waals surface area contributed by atoms with Gasteiger partial charge in [-0.2, -0.15) is 5.10 Å². The standard InChI is InChI=1S/C15H17N3O3/c1-9-4-5-18(13(6-9)15(20)21)14(19)10-2-3-11-8-16-17-12(11)7-10/h2-3,7-9,13H,4-6H2,1H3,(H,16,17)(H,20,21). The average molecular weight is 287 g/mol. The molecule has 0 spiro atoms. The maximum Gasteiger partial charge on any atom is 0.326 e. The summed E-state index contributed by atoms with van der Waals surface area (Å²) in [4.78, 5) is 25.5. The van der Waals surface area contributed by atoms with E-state index in [0.29, 0.717) is 24.4 Å². The van der Waals surface area contributed by atoms with Gasteiger partial charge in [0.2, 0.25) is 0 Å². The Morgan fingerprint density at radius 3 is 3.00 bits per heavy atom. The first-order chi connectivity index (χ1) is 10.1. The third-order valence-corrected chi connectivity index (χ3v) is 4.10. The number of aliphatic carboxylic acids is 1. The fourth-order valence-electron chi connectivity index (χ4n) is 2.85. The van der Waals surface area contributed by atoms with Crippen LogP contribution in [0.1, 0.15) is 30.1 Å².